The fourth-order valence-electron chi connectivity index (χ4n) is 2.31. The van der Waals surface area contributed by atoms with Crippen molar-refractivity contribution < 1.29 is 9.90 Å². The molecule has 1 N–H and O–H groups in total. The monoisotopic (exact) mass is 340 g/mol. The van der Waals surface area contributed by atoms with E-state index in [1.807, 2.05) is 27.9 Å². The minimum atomic E-state index is -0.854. The highest BCUT2D eigenvalue weighted by Gasteiger charge is 2.22. The zero-order chi connectivity index (χ0) is 15.5. The van der Waals surface area contributed by atoms with Crippen LogP contribution in [0, 0.1) is 5.92 Å². The highest BCUT2D eigenvalue weighted by atomic mass is 35.5. The lowest BCUT2D eigenvalue weighted by molar-refractivity contribution is -0.138. The molecule has 0 saturated heterocycles. The molecule has 0 unspecified atom stereocenters. The first-order valence-corrected chi connectivity index (χ1v) is 8.35. The summed E-state index contributed by atoms with van der Waals surface area (Å²) < 4.78 is 2.56. The Morgan fingerprint density at radius 1 is 1.45 bits per heavy atom. The van der Waals surface area contributed by atoms with Crippen molar-refractivity contribution >= 4 is 28.9 Å². The van der Waals surface area contributed by atoms with Gasteiger partial charge in [-0.05, 0) is 30.9 Å². The molecule has 0 spiro atoms. The Labute approximate surface area is 137 Å². The van der Waals surface area contributed by atoms with Crippen molar-refractivity contribution in [2.45, 2.75) is 32.5 Å². The predicted octanol–water partition coefficient (Wildman–Crippen LogP) is 2.49. The van der Waals surface area contributed by atoms with Gasteiger partial charge in [0.1, 0.15) is 0 Å². The lowest BCUT2D eigenvalue weighted by atomic mass is 10.3. The van der Waals surface area contributed by atoms with Crippen LogP contribution in [0.1, 0.15) is 23.4 Å². The van der Waals surface area contributed by atoms with Gasteiger partial charge in [-0.2, -0.15) is 0 Å². The van der Waals surface area contributed by atoms with Crippen molar-refractivity contribution in [3.8, 4) is 0 Å². The summed E-state index contributed by atoms with van der Waals surface area (Å²) in [6, 6.07) is 3.75. The zero-order valence-electron chi connectivity index (χ0n) is 12.0. The molecule has 0 aromatic carbocycles. The number of carbonyl (C=O) groups is 1. The average Bonchev–Trinajstić information content (AvgIpc) is 2.99. The lowest BCUT2D eigenvalue weighted by Crippen LogP contribution is -2.28. The number of carboxylic acids is 1. The van der Waals surface area contributed by atoms with Crippen LogP contribution in [0.25, 0.3) is 0 Å². The largest absolute Gasteiger partial charge is 0.480 e. The van der Waals surface area contributed by atoms with Gasteiger partial charge in [0.15, 0.2) is 0 Å². The summed E-state index contributed by atoms with van der Waals surface area (Å²) in [6.07, 6.45) is 4.44. The minimum Gasteiger partial charge on any atom is -0.480 e. The van der Waals surface area contributed by atoms with Crippen molar-refractivity contribution in [2.75, 3.05) is 6.54 Å². The molecule has 1 aliphatic carbocycles. The van der Waals surface area contributed by atoms with Crippen molar-refractivity contribution in [2.24, 2.45) is 5.92 Å². The number of hydrogen-bond donors (Lipinski definition) is 1. The Bertz CT molecular complexity index is 653. The highest BCUT2D eigenvalue weighted by molar-refractivity contribution is 7.16. The SMILES string of the molecule is O=C(O)CN(Cc1cn(CC2CC2)nn1)Cc1ccc(Cl)s1. The van der Waals surface area contributed by atoms with Crippen LogP contribution in [0.5, 0.6) is 0 Å². The van der Waals surface area contributed by atoms with Gasteiger partial charge in [-0.25, -0.2) is 0 Å². The van der Waals surface area contributed by atoms with E-state index in [-0.39, 0.29) is 6.54 Å². The summed E-state index contributed by atoms with van der Waals surface area (Å²) in [5, 5.41) is 17.3. The third-order valence-corrected chi connectivity index (χ3v) is 4.70. The molecule has 6 nitrogen and oxygen atoms in total. The van der Waals surface area contributed by atoms with E-state index >= 15 is 0 Å². The number of thiophene rings is 1. The van der Waals surface area contributed by atoms with E-state index in [1.165, 1.54) is 24.2 Å². The van der Waals surface area contributed by atoms with Crippen LogP contribution in [-0.2, 0) is 24.4 Å². The zero-order valence-corrected chi connectivity index (χ0v) is 13.6. The van der Waals surface area contributed by atoms with Crippen LogP contribution in [0.15, 0.2) is 18.3 Å². The van der Waals surface area contributed by atoms with E-state index in [2.05, 4.69) is 10.3 Å². The second kappa shape index (κ2) is 6.76. The van der Waals surface area contributed by atoms with Crippen molar-refractivity contribution in [1.29, 1.82) is 0 Å². The molecule has 1 aliphatic rings. The first kappa shape index (κ1) is 15.5. The molecule has 0 atom stereocenters. The Kier molecular flexibility index (Phi) is 4.75. The van der Waals surface area contributed by atoms with Crippen molar-refractivity contribution in [3.05, 3.63) is 33.2 Å². The van der Waals surface area contributed by atoms with Crippen LogP contribution in [0.4, 0.5) is 0 Å². The molecule has 1 fully saturated rings. The number of hydrogen-bond acceptors (Lipinski definition) is 5. The molecule has 3 rings (SSSR count). The fourth-order valence-corrected chi connectivity index (χ4v) is 3.44. The molecule has 0 bridgehead atoms. The van der Waals surface area contributed by atoms with Gasteiger partial charge in [-0.3, -0.25) is 14.4 Å². The second-order valence-corrected chi connectivity index (χ2v) is 7.42. The molecule has 2 aromatic heterocycles. The van der Waals surface area contributed by atoms with Gasteiger partial charge in [0.2, 0.25) is 0 Å². The first-order valence-electron chi connectivity index (χ1n) is 7.16. The van der Waals surface area contributed by atoms with Gasteiger partial charge in [-0.1, -0.05) is 16.8 Å². The average molecular weight is 341 g/mol. The number of nitrogens with zero attached hydrogens (tertiary/aromatic N) is 4. The Hall–Kier alpha value is -1.44. The van der Waals surface area contributed by atoms with E-state index in [0.717, 1.165) is 23.0 Å². The van der Waals surface area contributed by atoms with E-state index in [1.54, 1.807) is 0 Å². The van der Waals surface area contributed by atoms with Gasteiger partial charge in [-0.15, -0.1) is 16.4 Å². The molecule has 118 valence electrons. The molecule has 2 heterocycles. The highest BCUT2D eigenvalue weighted by Crippen LogP contribution is 2.30. The molecule has 1 saturated carbocycles. The summed E-state index contributed by atoms with van der Waals surface area (Å²) in [6.45, 7) is 1.88. The lowest BCUT2D eigenvalue weighted by Gasteiger charge is -2.17. The quantitative estimate of drug-likeness (QED) is 0.799. The predicted molar refractivity (Wildman–Crippen MR) is 83.8 cm³/mol. The smallest absolute Gasteiger partial charge is 0.317 e. The Morgan fingerprint density at radius 2 is 2.27 bits per heavy atom. The van der Waals surface area contributed by atoms with Crippen LogP contribution >= 0.6 is 22.9 Å². The summed E-state index contributed by atoms with van der Waals surface area (Å²) in [5.74, 6) is -0.119. The summed E-state index contributed by atoms with van der Waals surface area (Å²) in [5.41, 5.74) is 0.796. The third kappa shape index (κ3) is 4.53. The minimum absolute atomic E-state index is 0.0367. The standard InChI is InChI=1S/C14H17ClN4O2S/c15-13-4-3-12(22-13)8-18(9-14(20)21)6-11-7-19(17-16-11)5-10-1-2-10/h3-4,7,10H,1-2,5-6,8-9H2,(H,20,21). The summed E-state index contributed by atoms with van der Waals surface area (Å²) in [4.78, 5) is 13.9. The van der Waals surface area contributed by atoms with Gasteiger partial charge < -0.3 is 5.11 Å². The Balaban J connectivity index is 1.63. The first-order chi connectivity index (χ1) is 10.6. The van der Waals surface area contributed by atoms with E-state index < -0.39 is 5.97 Å². The summed E-state index contributed by atoms with van der Waals surface area (Å²) in [7, 11) is 0. The van der Waals surface area contributed by atoms with Crippen molar-refractivity contribution in [3.63, 3.8) is 0 Å². The van der Waals surface area contributed by atoms with Gasteiger partial charge >= 0.3 is 5.97 Å². The maximum atomic E-state index is 11.0. The van der Waals surface area contributed by atoms with Crippen LogP contribution in [0.3, 0.4) is 0 Å². The van der Waals surface area contributed by atoms with E-state index in [4.69, 9.17) is 16.7 Å². The van der Waals surface area contributed by atoms with Gasteiger partial charge in [0.25, 0.3) is 0 Å². The third-order valence-electron chi connectivity index (χ3n) is 3.48. The van der Waals surface area contributed by atoms with Gasteiger partial charge in [0.05, 0.1) is 16.6 Å². The van der Waals surface area contributed by atoms with Crippen LogP contribution in [-0.4, -0.2) is 37.5 Å². The summed E-state index contributed by atoms with van der Waals surface area (Å²) >= 11 is 7.39. The normalized spacial score (nSPS) is 14.6. The molecule has 0 aliphatic heterocycles. The molecule has 22 heavy (non-hydrogen) atoms. The number of rotatable bonds is 8. The number of aromatic nitrogens is 3. The van der Waals surface area contributed by atoms with Crippen LogP contribution < -0.4 is 0 Å². The topological polar surface area (TPSA) is 71.2 Å². The number of carboxylic acid groups (broad SMARTS) is 1. The van der Waals surface area contributed by atoms with Gasteiger partial charge in [0, 0.05) is 30.7 Å². The van der Waals surface area contributed by atoms with Crippen molar-refractivity contribution in [1.82, 2.24) is 19.9 Å². The molecular formula is C14H17ClN4O2S. The van der Waals surface area contributed by atoms with E-state index in [0.29, 0.717) is 17.4 Å². The number of aliphatic carboxylic acids is 1. The molecule has 0 amide bonds. The number of halogens is 1. The fraction of sp³-hybridized carbons (Fsp3) is 0.500. The Morgan fingerprint density at radius 3 is 2.91 bits per heavy atom. The molecule has 0 radical (unpaired) electrons. The molecule has 2 aromatic rings. The maximum absolute atomic E-state index is 11.0. The molecule has 8 heteroatoms. The van der Waals surface area contributed by atoms with E-state index in [9.17, 15) is 4.79 Å². The maximum Gasteiger partial charge on any atom is 0.317 e. The van der Waals surface area contributed by atoms with Crippen LogP contribution in [0.2, 0.25) is 4.34 Å². The molecular weight excluding hydrogens is 324 g/mol. The second-order valence-electron chi connectivity index (χ2n) is 5.62.